The van der Waals surface area contributed by atoms with Crippen LogP contribution in [0.2, 0.25) is 0 Å². The summed E-state index contributed by atoms with van der Waals surface area (Å²) in [6.07, 6.45) is 3.92. The predicted octanol–water partition coefficient (Wildman–Crippen LogP) is 4.85. The molecule has 2 aromatic carbocycles. The van der Waals surface area contributed by atoms with Crippen LogP contribution in [0, 0.1) is 0 Å². The Morgan fingerprint density at radius 2 is 1.79 bits per heavy atom. The summed E-state index contributed by atoms with van der Waals surface area (Å²) < 4.78 is 0. The molecule has 2 N–H and O–H groups in total. The van der Waals surface area contributed by atoms with Gasteiger partial charge in [-0.1, -0.05) is 37.3 Å². The minimum Gasteiger partial charge on any atom is -0.352 e. The van der Waals surface area contributed by atoms with Gasteiger partial charge in [-0.05, 0) is 63.5 Å². The lowest BCUT2D eigenvalue weighted by molar-refractivity contribution is -0.115. The fraction of sp³-hybridized carbons (Fsp3) is 0.370. The molecule has 1 atom stereocenters. The van der Waals surface area contributed by atoms with E-state index in [1.165, 1.54) is 12.8 Å². The van der Waals surface area contributed by atoms with Crippen molar-refractivity contribution in [2.75, 3.05) is 25.0 Å². The number of likely N-dealkylation sites (tertiary alicyclic amines) is 1. The molecule has 1 aliphatic heterocycles. The summed E-state index contributed by atoms with van der Waals surface area (Å²) in [5.74, 6) is -0.0973. The van der Waals surface area contributed by atoms with Crippen LogP contribution in [0.15, 0.2) is 54.6 Å². The molecule has 0 aliphatic carbocycles. The highest BCUT2D eigenvalue weighted by molar-refractivity contribution is 6.07. The fourth-order valence-corrected chi connectivity index (χ4v) is 4.34. The van der Waals surface area contributed by atoms with Crippen LogP contribution in [0.3, 0.4) is 0 Å². The first-order chi connectivity index (χ1) is 16.0. The van der Waals surface area contributed by atoms with Gasteiger partial charge >= 0.3 is 0 Å². The predicted molar refractivity (Wildman–Crippen MR) is 133 cm³/mol. The molecule has 172 valence electrons. The van der Waals surface area contributed by atoms with E-state index in [9.17, 15) is 9.59 Å². The van der Waals surface area contributed by atoms with Gasteiger partial charge in [0.25, 0.3) is 5.91 Å². The number of hydrogen-bond donors (Lipinski definition) is 2. The zero-order valence-corrected chi connectivity index (χ0v) is 19.4. The molecule has 0 unspecified atom stereocenters. The number of rotatable bonds is 8. The minimum atomic E-state index is -0.0738. The molecule has 6 nitrogen and oxygen atoms in total. The standard InChI is InChI=1S/C27H32N4O2/c1-3-26(32)29-21-12-10-20(11-13-21)25-18-23(22-8-4-5-9-24(22)30-25)27(33)28-15-14-19(2)31-16-6-7-17-31/h4-5,8-13,18-19H,3,6-7,14-17H2,1-2H3,(H,28,33)(H,29,32)/t19-/m0/s1. The van der Waals surface area contributed by atoms with Crippen LogP contribution in [0.5, 0.6) is 0 Å². The number of benzene rings is 2. The van der Waals surface area contributed by atoms with Crippen molar-refractivity contribution in [3.63, 3.8) is 0 Å². The number of carbonyl (C=O) groups excluding carboxylic acids is 2. The van der Waals surface area contributed by atoms with Crippen LogP contribution in [-0.4, -0.2) is 47.4 Å². The largest absolute Gasteiger partial charge is 0.352 e. The van der Waals surface area contributed by atoms with Gasteiger partial charge in [0.2, 0.25) is 5.91 Å². The summed E-state index contributed by atoms with van der Waals surface area (Å²) in [5, 5.41) is 6.82. The molecule has 6 heteroatoms. The highest BCUT2D eigenvalue weighted by Crippen LogP contribution is 2.26. The number of amides is 2. The van der Waals surface area contributed by atoms with Gasteiger partial charge in [0.1, 0.15) is 0 Å². The van der Waals surface area contributed by atoms with Gasteiger partial charge in [-0.25, -0.2) is 4.98 Å². The number of nitrogens with one attached hydrogen (secondary N) is 2. The molecule has 3 aromatic rings. The van der Waals surface area contributed by atoms with E-state index in [1.807, 2.05) is 61.5 Å². The zero-order valence-electron chi connectivity index (χ0n) is 19.4. The molecule has 0 bridgehead atoms. The summed E-state index contributed by atoms with van der Waals surface area (Å²) in [7, 11) is 0. The van der Waals surface area contributed by atoms with E-state index >= 15 is 0 Å². The second-order valence-electron chi connectivity index (χ2n) is 8.69. The maximum Gasteiger partial charge on any atom is 0.252 e. The van der Waals surface area contributed by atoms with E-state index in [0.29, 0.717) is 24.6 Å². The molecule has 2 heterocycles. The second-order valence-corrected chi connectivity index (χ2v) is 8.69. The van der Waals surface area contributed by atoms with Gasteiger partial charge in [0, 0.05) is 35.6 Å². The molecular formula is C27H32N4O2. The van der Waals surface area contributed by atoms with Gasteiger partial charge in [0.15, 0.2) is 0 Å². The van der Waals surface area contributed by atoms with E-state index in [4.69, 9.17) is 4.98 Å². The molecule has 1 aliphatic rings. The van der Waals surface area contributed by atoms with Gasteiger partial charge in [0.05, 0.1) is 16.8 Å². The second kappa shape index (κ2) is 10.6. The Bertz CT molecular complexity index is 1120. The summed E-state index contributed by atoms with van der Waals surface area (Å²) in [6.45, 7) is 7.03. The monoisotopic (exact) mass is 444 g/mol. The average Bonchev–Trinajstić information content (AvgIpc) is 3.39. The van der Waals surface area contributed by atoms with Crippen molar-refractivity contribution in [3.8, 4) is 11.3 Å². The Balaban J connectivity index is 1.52. The number of pyridine rings is 1. The van der Waals surface area contributed by atoms with Gasteiger partial charge < -0.3 is 15.5 Å². The molecule has 1 saturated heterocycles. The van der Waals surface area contributed by atoms with E-state index in [2.05, 4.69) is 22.5 Å². The number of para-hydroxylation sites is 1. The van der Waals surface area contributed by atoms with Gasteiger partial charge in [-0.15, -0.1) is 0 Å². The molecule has 0 radical (unpaired) electrons. The lowest BCUT2D eigenvalue weighted by atomic mass is 10.0. The Morgan fingerprint density at radius 3 is 2.52 bits per heavy atom. The van der Waals surface area contributed by atoms with Crippen molar-refractivity contribution in [2.24, 2.45) is 0 Å². The SMILES string of the molecule is CCC(=O)Nc1ccc(-c2cc(C(=O)NCC[C@H](C)N3CCCC3)c3ccccc3n2)cc1. The first-order valence-electron chi connectivity index (χ1n) is 11.9. The van der Waals surface area contributed by atoms with E-state index in [0.717, 1.165) is 47.4 Å². The number of carbonyl (C=O) groups is 2. The smallest absolute Gasteiger partial charge is 0.252 e. The van der Waals surface area contributed by atoms with Crippen LogP contribution in [0.1, 0.15) is 49.9 Å². The Morgan fingerprint density at radius 1 is 1.06 bits per heavy atom. The van der Waals surface area contributed by atoms with Crippen molar-refractivity contribution in [2.45, 2.75) is 45.6 Å². The molecule has 0 spiro atoms. The maximum absolute atomic E-state index is 13.2. The highest BCUT2D eigenvalue weighted by atomic mass is 16.2. The number of anilines is 1. The molecule has 1 aromatic heterocycles. The summed E-state index contributed by atoms with van der Waals surface area (Å²) in [6, 6.07) is 17.6. The molecule has 0 saturated carbocycles. The van der Waals surface area contributed by atoms with Crippen LogP contribution < -0.4 is 10.6 Å². The third kappa shape index (κ3) is 5.57. The van der Waals surface area contributed by atoms with Crippen LogP contribution in [-0.2, 0) is 4.79 Å². The third-order valence-corrected chi connectivity index (χ3v) is 6.36. The molecule has 2 amide bonds. The topological polar surface area (TPSA) is 74.3 Å². The first kappa shape index (κ1) is 22.9. The number of fused-ring (bicyclic) bond motifs is 1. The van der Waals surface area contributed by atoms with Crippen LogP contribution >= 0.6 is 0 Å². The number of nitrogens with zero attached hydrogens (tertiary/aromatic N) is 2. The van der Waals surface area contributed by atoms with Crippen LogP contribution in [0.4, 0.5) is 5.69 Å². The fourth-order valence-electron chi connectivity index (χ4n) is 4.34. The van der Waals surface area contributed by atoms with Crippen molar-refractivity contribution >= 4 is 28.4 Å². The first-order valence-corrected chi connectivity index (χ1v) is 11.9. The van der Waals surface area contributed by atoms with Gasteiger partial charge in [-0.3, -0.25) is 9.59 Å². The number of aromatic nitrogens is 1. The minimum absolute atomic E-state index is 0.0235. The quantitative estimate of drug-likeness (QED) is 0.521. The Hall–Kier alpha value is -3.25. The highest BCUT2D eigenvalue weighted by Gasteiger charge is 2.19. The average molecular weight is 445 g/mol. The Labute approximate surface area is 195 Å². The van der Waals surface area contributed by atoms with Crippen LogP contribution in [0.25, 0.3) is 22.2 Å². The summed E-state index contributed by atoms with van der Waals surface area (Å²) in [4.78, 5) is 32.1. The lowest BCUT2D eigenvalue weighted by Gasteiger charge is -2.23. The zero-order chi connectivity index (χ0) is 23.2. The van der Waals surface area contributed by atoms with Gasteiger partial charge in [-0.2, -0.15) is 0 Å². The molecule has 4 rings (SSSR count). The normalized spacial score (nSPS) is 14.8. The number of hydrogen-bond acceptors (Lipinski definition) is 4. The van der Waals surface area contributed by atoms with Crippen molar-refractivity contribution in [3.05, 3.63) is 60.2 Å². The summed E-state index contributed by atoms with van der Waals surface area (Å²) in [5.41, 5.74) is 3.79. The summed E-state index contributed by atoms with van der Waals surface area (Å²) >= 11 is 0. The lowest BCUT2D eigenvalue weighted by Crippen LogP contribution is -2.34. The van der Waals surface area contributed by atoms with Crippen molar-refractivity contribution in [1.82, 2.24) is 15.2 Å². The molecule has 33 heavy (non-hydrogen) atoms. The molecule has 1 fully saturated rings. The Kier molecular flexibility index (Phi) is 7.35. The van der Waals surface area contributed by atoms with E-state index < -0.39 is 0 Å². The van der Waals surface area contributed by atoms with Crippen molar-refractivity contribution < 1.29 is 9.59 Å². The maximum atomic E-state index is 13.2. The van der Waals surface area contributed by atoms with E-state index in [-0.39, 0.29) is 11.8 Å². The third-order valence-electron chi connectivity index (χ3n) is 6.36. The molecular weight excluding hydrogens is 412 g/mol. The van der Waals surface area contributed by atoms with Crippen molar-refractivity contribution in [1.29, 1.82) is 0 Å². The van der Waals surface area contributed by atoms with E-state index in [1.54, 1.807) is 0 Å².